The van der Waals surface area contributed by atoms with Crippen molar-refractivity contribution in [2.75, 3.05) is 17.7 Å². The van der Waals surface area contributed by atoms with Crippen molar-refractivity contribution in [3.63, 3.8) is 0 Å². The molecule has 29 heavy (non-hydrogen) atoms. The molecule has 10 heteroatoms. The molecule has 3 aromatic rings. The second-order valence-corrected chi connectivity index (χ2v) is 11.2. The van der Waals surface area contributed by atoms with Gasteiger partial charge in [-0.15, -0.1) is 22.7 Å². The fourth-order valence-corrected chi connectivity index (χ4v) is 7.70. The van der Waals surface area contributed by atoms with Crippen molar-refractivity contribution in [2.24, 2.45) is 0 Å². The van der Waals surface area contributed by atoms with Crippen LogP contribution in [-0.2, 0) is 26.7 Å². The normalized spacial score (nSPS) is 15.1. The fraction of sp³-hybridized carbons (Fsp3) is 0.263. The van der Waals surface area contributed by atoms with Gasteiger partial charge in [0.05, 0.1) is 28.7 Å². The summed E-state index contributed by atoms with van der Waals surface area (Å²) in [6.07, 6.45) is 0.224. The minimum Gasteiger partial charge on any atom is -0.462 e. The molecule has 0 saturated heterocycles. The van der Waals surface area contributed by atoms with E-state index < -0.39 is 21.7 Å². The van der Waals surface area contributed by atoms with Crippen LogP contribution < -0.4 is 5.32 Å². The van der Waals surface area contributed by atoms with Gasteiger partial charge in [0.25, 0.3) is 5.91 Å². The van der Waals surface area contributed by atoms with Crippen molar-refractivity contribution in [2.45, 2.75) is 19.1 Å². The van der Waals surface area contributed by atoms with Crippen LogP contribution in [0.4, 0.5) is 5.00 Å². The predicted molar refractivity (Wildman–Crippen MR) is 116 cm³/mol. The number of hydrogen-bond donors (Lipinski definition) is 1. The average molecular weight is 470 g/mol. The average Bonchev–Trinajstić information content (AvgIpc) is 3.18. The summed E-state index contributed by atoms with van der Waals surface area (Å²) < 4.78 is 30.0. The Labute approximate surface area is 180 Å². The van der Waals surface area contributed by atoms with Gasteiger partial charge in [-0.3, -0.25) is 4.79 Å². The molecule has 3 heterocycles. The lowest BCUT2D eigenvalue weighted by Gasteiger charge is -2.13. The molecule has 1 aliphatic heterocycles. The molecule has 0 unspecified atom stereocenters. The first-order valence-corrected chi connectivity index (χ1v) is 12.6. The van der Waals surface area contributed by atoms with Crippen LogP contribution in [0.2, 0.25) is 5.02 Å². The summed E-state index contributed by atoms with van der Waals surface area (Å²) in [7, 11) is -3.22. The summed E-state index contributed by atoms with van der Waals surface area (Å²) in [6.45, 7) is 1.87. The summed E-state index contributed by atoms with van der Waals surface area (Å²) in [5.41, 5.74) is 0.883. The molecule has 1 amide bonds. The monoisotopic (exact) mass is 469 g/mol. The topological polar surface area (TPSA) is 89.5 Å². The minimum atomic E-state index is -3.22. The van der Waals surface area contributed by atoms with Crippen LogP contribution in [0.5, 0.6) is 0 Å². The van der Waals surface area contributed by atoms with Crippen molar-refractivity contribution in [3.8, 4) is 0 Å². The second-order valence-electron chi connectivity index (χ2n) is 6.47. The van der Waals surface area contributed by atoms with E-state index >= 15 is 0 Å². The van der Waals surface area contributed by atoms with Crippen LogP contribution in [0.25, 0.3) is 10.1 Å². The molecule has 0 atom stereocenters. The highest BCUT2D eigenvalue weighted by atomic mass is 35.5. The van der Waals surface area contributed by atoms with E-state index in [2.05, 4.69) is 5.32 Å². The first-order chi connectivity index (χ1) is 13.8. The Kier molecular flexibility index (Phi) is 5.41. The van der Waals surface area contributed by atoms with Crippen LogP contribution in [0, 0.1) is 0 Å². The first-order valence-electron chi connectivity index (χ1n) is 8.81. The Bertz CT molecular complexity index is 1240. The van der Waals surface area contributed by atoms with Crippen molar-refractivity contribution in [1.82, 2.24) is 0 Å². The zero-order valence-electron chi connectivity index (χ0n) is 15.3. The van der Waals surface area contributed by atoms with Crippen LogP contribution in [0.3, 0.4) is 0 Å². The second kappa shape index (κ2) is 7.71. The van der Waals surface area contributed by atoms with Crippen molar-refractivity contribution in [1.29, 1.82) is 0 Å². The molecule has 2 aromatic heterocycles. The molecule has 1 aromatic carbocycles. The van der Waals surface area contributed by atoms with E-state index in [0.29, 0.717) is 25.3 Å². The largest absolute Gasteiger partial charge is 0.462 e. The van der Waals surface area contributed by atoms with Gasteiger partial charge in [-0.1, -0.05) is 29.8 Å². The number of benzene rings is 1. The minimum absolute atomic E-state index is 0.0291. The SMILES string of the molecule is CCOC(=O)c1c(NC(=O)c2sc3ccccc3c2Cl)sc2c1CCS(=O)(=O)C2. The maximum absolute atomic E-state index is 12.9. The van der Waals surface area contributed by atoms with E-state index in [1.54, 1.807) is 6.92 Å². The number of fused-ring (bicyclic) bond motifs is 2. The third-order valence-electron chi connectivity index (χ3n) is 4.55. The smallest absolute Gasteiger partial charge is 0.341 e. The lowest BCUT2D eigenvalue weighted by atomic mass is 10.1. The van der Waals surface area contributed by atoms with E-state index in [1.165, 1.54) is 11.3 Å². The molecule has 0 aliphatic carbocycles. The van der Waals surface area contributed by atoms with E-state index in [-0.39, 0.29) is 30.1 Å². The highest BCUT2D eigenvalue weighted by molar-refractivity contribution is 7.90. The van der Waals surface area contributed by atoms with Gasteiger partial charge in [0.15, 0.2) is 9.84 Å². The number of esters is 1. The maximum Gasteiger partial charge on any atom is 0.341 e. The number of sulfone groups is 1. The third-order valence-corrected chi connectivity index (χ3v) is 9.11. The molecule has 0 bridgehead atoms. The molecule has 0 saturated carbocycles. The molecule has 1 aliphatic rings. The molecule has 0 fully saturated rings. The Balaban J connectivity index is 1.74. The number of carbonyl (C=O) groups is 2. The summed E-state index contributed by atoms with van der Waals surface area (Å²) in [4.78, 5) is 26.4. The number of hydrogen-bond acceptors (Lipinski definition) is 7. The van der Waals surface area contributed by atoms with E-state index in [4.69, 9.17) is 16.3 Å². The molecule has 0 radical (unpaired) electrons. The fourth-order valence-electron chi connectivity index (χ4n) is 3.25. The third kappa shape index (κ3) is 3.79. The molecule has 1 N–H and O–H groups in total. The van der Waals surface area contributed by atoms with Crippen LogP contribution in [-0.4, -0.2) is 32.7 Å². The van der Waals surface area contributed by atoms with Crippen LogP contribution in [0.15, 0.2) is 24.3 Å². The Hall–Kier alpha value is -1.94. The number of nitrogens with one attached hydrogen (secondary N) is 1. The number of ether oxygens (including phenoxy) is 1. The highest BCUT2D eigenvalue weighted by Gasteiger charge is 2.32. The zero-order valence-corrected chi connectivity index (χ0v) is 18.5. The predicted octanol–water partition coefficient (Wildman–Crippen LogP) is 4.52. The van der Waals surface area contributed by atoms with E-state index in [9.17, 15) is 18.0 Å². The van der Waals surface area contributed by atoms with Crippen LogP contribution in [0.1, 0.15) is 37.4 Å². The number of halogens is 1. The summed E-state index contributed by atoms with van der Waals surface area (Å²) >= 11 is 8.75. The first kappa shape index (κ1) is 20.3. The van der Waals surface area contributed by atoms with Gasteiger partial charge in [0.1, 0.15) is 9.88 Å². The lowest BCUT2D eigenvalue weighted by Crippen LogP contribution is -2.20. The zero-order chi connectivity index (χ0) is 20.8. The van der Waals surface area contributed by atoms with Gasteiger partial charge in [0.2, 0.25) is 0 Å². The van der Waals surface area contributed by atoms with Gasteiger partial charge in [-0.2, -0.15) is 0 Å². The molecule has 4 rings (SSSR count). The summed E-state index contributed by atoms with van der Waals surface area (Å²) in [6, 6.07) is 7.42. The number of amides is 1. The molecule has 6 nitrogen and oxygen atoms in total. The van der Waals surface area contributed by atoms with Crippen LogP contribution >= 0.6 is 34.3 Å². The lowest BCUT2D eigenvalue weighted by molar-refractivity contribution is 0.0527. The molecular weight excluding hydrogens is 454 g/mol. The Morgan fingerprint density at radius 3 is 2.72 bits per heavy atom. The Morgan fingerprint density at radius 1 is 1.24 bits per heavy atom. The van der Waals surface area contributed by atoms with Gasteiger partial charge in [0, 0.05) is 15.0 Å². The number of carbonyl (C=O) groups excluding carboxylic acids is 2. The number of anilines is 1. The number of thiophene rings is 2. The maximum atomic E-state index is 12.9. The quantitative estimate of drug-likeness (QED) is 0.567. The van der Waals surface area contributed by atoms with Gasteiger partial charge in [-0.25, -0.2) is 13.2 Å². The highest BCUT2D eigenvalue weighted by Crippen LogP contribution is 2.40. The van der Waals surface area contributed by atoms with Gasteiger partial charge in [-0.05, 0) is 25.0 Å². The number of rotatable bonds is 4. The van der Waals surface area contributed by atoms with Crippen molar-refractivity contribution >= 4 is 71.1 Å². The van der Waals surface area contributed by atoms with Gasteiger partial charge < -0.3 is 10.1 Å². The van der Waals surface area contributed by atoms with E-state index in [0.717, 1.165) is 21.4 Å². The molecular formula is C19H16ClNO5S3. The summed E-state index contributed by atoms with van der Waals surface area (Å²) in [5, 5.41) is 4.19. The Morgan fingerprint density at radius 2 is 2.00 bits per heavy atom. The van der Waals surface area contributed by atoms with E-state index in [1.807, 2.05) is 24.3 Å². The standard InChI is InChI=1S/C19H16ClNO5S3/c1-2-26-19(23)14-10-7-8-29(24,25)9-13(10)28-18(14)21-17(22)16-15(20)11-5-3-4-6-12(11)27-16/h3-6H,2,7-9H2,1H3,(H,21,22). The summed E-state index contributed by atoms with van der Waals surface area (Å²) in [5.74, 6) is -1.18. The molecule has 152 valence electrons. The van der Waals surface area contributed by atoms with Crippen molar-refractivity contribution in [3.05, 3.63) is 50.2 Å². The van der Waals surface area contributed by atoms with Crippen molar-refractivity contribution < 1.29 is 22.7 Å². The van der Waals surface area contributed by atoms with Gasteiger partial charge >= 0.3 is 5.97 Å². The molecule has 0 spiro atoms.